The zero-order valence-electron chi connectivity index (χ0n) is 10.8. The lowest BCUT2D eigenvalue weighted by Crippen LogP contribution is -2.10. The molecule has 1 unspecified atom stereocenters. The second kappa shape index (κ2) is 7.68. The van der Waals surface area contributed by atoms with E-state index in [4.69, 9.17) is 51.1 Å². The molecule has 0 spiro atoms. The number of ether oxygens (including phenoxy) is 1. The van der Waals surface area contributed by atoms with Crippen molar-refractivity contribution >= 4 is 46.4 Å². The molecule has 0 fully saturated rings. The van der Waals surface area contributed by atoms with Crippen LogP contribution < -0.4 is 0 Å². The molecule has 0 saturated heterocycles. The molecule has 2 aromatic carbocycles. The summed E-state index contributed by atoms with van der Waals surface area (Å²) in [7, 11) is 0. The lowest BCUT2D eigenvalue weighted by molar-refractivity contribution is 0.00120. The van der Waals surface area contributed by atoms with Gasteiger partial charge in [-0.25, -0.2) is 0 Å². The number of benzene rings is 2. The summed E-state index contributed by atoms with van der Waals surface area (Å²) < 4.78 is 5.70. The van der Waals surface area contributed by atoms with Gasteiger partial charge >= 0.3 is 0 Å². The van der Waals surface area contributed by atoms with E-state index in [0.717, 1.165) is 5.56 Å². The van der Waals surface area contributed by atoms with Crippen LogP contribution in [0.5, 0.6) is 0 Å². The first kappa shape index (κ1) is 16.9. The molecule has 2 nitrogen and oxygen atoms in total. The summed E-state index contributed by atoms with van der Waals surface area (Å²) in [5, 5.41) is 11.5. The number of aliphatic hydroxyl groups excluding tert-OH is 1. The van der Waals surface area contributed by atoms with E-state index in [2.05, 4.69) is 0 Å². The molecule has 0 amide bonds. The van der Waals surface area contributed by atoms with Crippen LogP contribution in [0.3, 0.4) is 0 Å². The summed E-state index contributed by atoms with van der Waals surface area (Å²) >= 11 is 23.9. The van der Waals surface area contributed by atoms with E-state index in [0.29, 0.717) is 25.7 Å². The minimum atomic E-state index is -0.554. The van der Waals surface area contributed by atoms with Gasteiger partial charge in [-0.2, -0.15) is 0 Å². The first-order valence-electron chi connectivity index (χ1n) is 6.12. The van der Waals surface area contributed by atoms with E-state index in [1.807, 2.05) is 0 Å². The van der Waals surface area contributed by atoms with Crippen LogP contribution in [0.15, 0.2) is 36.4 Å². The van der Waals surface area contributed by atoms with Crippen molar-refractivity contribution in [2.24, 2.45) is 0 Å². The highest BCUT2D eigenvalue weighted by molar-refractivity contribution is 6.35. The molecule has 21 heavy (non-hydrogen) atoms. The third-order valence-corrected chi connectivity index (χ3v) is 4.08. The van der Waals surface area contributed by atoms with E-state index in [1.54, 1.807) is 36.4 Å². The van der Waals surface area contributed by atoms with Crippen molar-refractivity contribution < 1.29 is 9.84 Å². The SMILES string of the molecule is OCC(OCc1ccc(Cl)cc1Cl)c1ccc(Cl)cc1Cl. The van der Waals surface area contributed by atoms with Crippen LogP contribution in [-0.2, 0) is 11.3 Å². The maximum atomic E-state index is 9.49. The van der Waals surface area contributed by atoms with Gasteiger partial charge in [0.15, 0.2) is 0 Å². The predicted octanol–water partition coefficient (Wildman–Crippen LogP) is 5.55. The highest BCUT2D eigenvalue weighted by Gasteiger charge is 2.15. The highest BCUT2D eigenvalue weighted by Crippen LogP contribution is 2.30. The maximum Gasteiger partial charge on any atom is 0.107 e. The van der Waals surface area contributed by atoms with Gasteiger partial charge in [-0.1, -0.05) is 58.5 Å². The molecule has 6 heteroatoms. The van der Waals surface area contributed by atoms with Crippen LogP contribution in [0.4, 0.5) is 0 Å². The Hall–Kier alpha value is -0.480. The fourth-order valence-corrected chi connectivity index (χ4v) is 2.83. The molecule has 0 aromatic heterocycles. The predicted molar refractivity (Wildman–Crippen MR) is 87.5 cm³/mol. The van der Waals surface area contributed by atoms with Crippen LogP contribution in [0.25, 0.3) is 0 Å². The normalized spacial score (nSPS) is 12.4. The molecule has 0 saturated carbocycles. The molecule has 1 N–H and O–H groups in total. The maximum absolute atomic E-state index is 9.49. The third kappa shape index (κ3) is 4.49. The van der Waals surface area contributed by atoms with Gasteiger partial charge in [0, 0.05) is 25.7 Å². The van der Waals surface area contributed by atoms with Crippen molar-refractivity contribution in [1.29, 1.82) is 0 Å². The van der Waals surface area contributed by atoms with Crippen molar-refractivity contribution in [2.75, 3.05) is 6.61 Å². The standard InChI is InChI=1S/C15H12Cl4O2/c16-10-2-1-9(13(18)5-10)8-21-15(7-20)12-4-3-11(17)6-14(12)19/h1-6,15,20H,7-8H2. The van der Waals surface area contributed by atoms with Gasteiger partial charge in [0.2, 0.25) is 0 Å². The average molecular weight is 366 g/mol. The lowest BCUT2D eigenvalue weighted by Gasteiger charge is -2.18. The Kier molecular flexibility index (Phi) is 6.18. The van der Waals surface area contributed by atoms with E-state index in [-0.39, 0.29) is 13.2 Å². The second-order valence-electron chi connectivity index (χ2n) is 4.38. The third-order valence-electron chi connectivity index (χ3n) is 2.93. The van der Waals surface area contributed by atoms with Crippen molar-refractivity contribution in [3.63, 3.8) is 0 Å². The Balaban J connectivity index is 2.12. The minimum Gasteiger partial charge on any atom is -0.393 e. The smallest absolute Gasteiger partial charge is 0.107 e. The quantitative estimate of drug-likeness (QED) is 0.752. The van der Waals surface area contributed by atoms with Gasteiger partial charge in [0.05, 0.1) is 13.2 Å². The molecular weight excluding hydrogens is 354 g/mol. The summed E-state index contributed by atoms with van der Waals surface area (Å²) in [6.07, 6.45) is -0.554. The van der Waals surface area contributed by atoms with Crippen molar-refractivity contribution in [1.82, 2.24) is 0 Å². The molecule has 0 bridgehead atoms. The largest absolute Gasteiger partial charge is 0.393 e. The molecule has 1 atom stereocenters. The van der Waals surface area contributed by atoms with Crippen molar-refractivity contribution in [3.05, 3.63) is 67.6 Å². The number of rotatable bonds is 5. The summed E-state index contributed by atoms with van der Waals surface area (Å²) in [6, 6.07) is 10.2. The van der Waals surface area contributed by atoms with Crippen LogP contribution >= 0.6 is 46.4 Å². The first-order chi connectivity index (χ1) is 10.0. The van der Waals surface area contributed by atoms with Crippen molar-refractivity contribution in [2.45, 2.75) is 12.7 Å². The molecule has 2 aromatic rings. The zero-order chi connectivity index (χ0) is 15.4. The minimum absolute atomic E-state index is 0.202. The summed E-state index contributed by atoms with van der Waals surface area (Å²) in [6.45, 7) is 0.0345. The Bertz CT molecular complexity index is 631. The molecule has 112 valence electrons. The molecule has 0 heterocycles. The average Bonchev–Trinajstić information content (AvgIpc) is 2.43. The first-order valence-corrected chi connectivity index (χ1v) is 7.63. The summed E-state index contributed by atoms with van der Waals surface area (Å²) in [5.74, 6) is 0. The van der Waals surface area contributed by atoms with Gasteiger partial charge < -0.3 is 9.84 Å². The van der Waals surface area contributed by atoms with Crippen LogP contribution in [-0.4, -0.2) is 11.7 Å². The molecular formula is C15H12Cl4O2. The zero-order valence-corrected chi connectivity index (χ0v) is 13.8. The molecule has 0 aliphatic carbocycles. The van der Waals surface area contributed by atoms with E-state index < -0.39 is 6.10 Å². The molecule has 2 rings (SSSR count). The Labute approximate surface area is 143 Å². The van der Waals surface area contributed by atoms with Gasteiger partial charge in [0.25, 0.3) is 0 Å². The summed E-state index contributed by atoms with van der Waals surface area (Å²) in [4.78, 5) is 0. The monoisotopic (exact) mass is 364 g/mol. The van der Waals surface area contributed by atoms with Gasteiger partial charge in [-0.05, 0) is 29.8 Å². The molecule has 0 aliphatic rings. The second-order valence-corrected chi connectivity index (χ2v) is 6.07. The van der Waals surface area contributed by atoms with Gasteiger partial charge in [0.1, 0.15) is 6.10 Å². The van der Waals surface area contributed by atoms with Crippen LogP contribution in [0.1, 0.15) is 17.2 Å². The summed E-state index contributed by atoms with van der Waals surface area (Å²) in [5.41, 5.74) is 1.46. The van der Waals surface area contributed by atoms with E-state index >= 15 is 0 Å². The number of aliphatic hydroxyl groups is 1. The highest BCUT2D eigenvalue weighted by atomic mass is 35.5. The van der Waals surface area contributed by atoms with E-state index in [9.17, 15) is 5.11 Å². The Morgan fingerprint density at radius 2 is 1.52 bits per heavy atom. The fourth-order valence-electron chi connectivity index (χ4n) is 1.83. The number of hydrogen-bond donors (Lipinski definition) is 1. The van der Waals surface area contributed by atoms with Crippen molar-refractivity contribution in [3.8, 4) is 0 Å². The number of halogens is 4. The Morgan fingerprint density at radius 3 is 2.10 bits per heavy atom. The van der Waals surface area contributed by atoms with Crippen LogP contribution in [0, 0.1) is 0 Å². The van der Waals surface area contributed by atoms with Gasteiger partial charge in [-0.3, -0.25) is 0 Å². The Morgan fingerprint density at radius 1 is 0.905 bits per heavy atom. The molecule has 0 radical (unpaired) electrons. The molecule has 0 aliphatic heterocycles. The van der Waals surface area contributed by atoms with Gasteiger partial charge in [-0.15, -0.1) is 0 Å². The van der Waals surface area contributed by atoms with E-state index in [1.165, 1.54) is 0 Å². The number of hydrogen-bond acceptors (Lipinski definition) is 2. The van der Waals surface area contributed by atoms with Crippen LogP contribution in [0.2, 0.25) is 20.1 Å². The fraction of sp³-hybridized carbons (Fsp3) is 0.200. The lowest BCUT2D eigenvalue weighted by atomic mass is 10.1. The topological polar surface area (TPSA) is 29.5 Å².